The number of ether oxygens (including phenoxy) is 3. The molecule has 0 saturated heterocycles. The predicted octanol–water partition coefficient (Wildman–Crippen LogP) is 4.17. The third-order valence-electron chi connectivity index (χ3n) is 3.54. The van der Waals surface area contributed by atoms with E-state index in [4.69, 9.17) is 4.74 Å². The Morgan fingerprint density at radius 2 is 1.59 bits per heavy atom. The van der Waals surface area contributed by atoms with Gasteiger partial charge in [0.2, 0.25) is 0 Å². The molecule has 1 amide bonds. The molecule has 0 heterocycles. The number of nitrogens with zero attached hydrogens (tertiary/aromatic N) is 1. The summed E-state index contributed by atoms with van der Waals surface area (Å²) < 4.78 is 62.8. The zero-order chi connectivity index (χ0) is 20.0. The molecule has 146 valence electrons. The van der Waals surface area contributed by atoms with E-state index in [0.29, 0.717) is 5.56 Å². The molecule has 0 aromatic heterocycles. The molecule has 0 fully saturated rings. The summed E-state index contributed by atoms with van der Waals surface area (Å²) in [5.74, 6) is -0.610. The molecule has 0 radical (unpaired) electrons. The summed E-state index contributed by atoms with van der Waals surface area (Å²) in [5, 5.41) is 0. The van der Waals surface area contributed by atoms with Gasteiger partial charge in [0.15, 0.2) is 11.5 Å². The first-order valence-corrected chi connectivity index (χ1v) is 7.72. The average molecular weight is 387 g/mol. The van der Waals surface area contributed by atoms with Crippen molar-refractivity contribution in [1.82, 2.24) is 4.90 Å². The van der Waals surface area contributed by atoms with E-state index < -0.39 is 19.1 Å². The van der Waals surface area contributed by atoms with Crippen LogP contribution in [0, 0.1) is 0 Å². The molecule has 0 N–H and O–H groups in total. The van der Waals surface area contributed by atoms with Gasteiger partial charge < -0.3 is 19.1 Å². The SMILES string of the molecule is COc1ccc(C(=O)N(C)Cc2ccc(OC(F)F)cc2)cc1OC(F)F. The molecule has 0 saturated carbocycles. The van der Waals surface area contributed by atoms with Gasteiger partial charge in [-0.25, -0.2) is 0 Å². The van der Waals surface area contributed by atoms with Gasteiger partial charge in [0.25, 0.3) is 5.91 Å². The van der Waals surface area contributed by atoms with E-state index in [1.54, 1.807) is 12.1 Å². The maximum Gasteiger partial charge on any atom is 0.387 e. The van der Waals surface area contributed by atoms with E-state index in [1.165, 1.54) is 49.4 Å². The van der Waals surface area contributed by atoms with Crippen LogP contribution >= 0.6 is 0 Å². The number of amides is 1. The monoisotopic (exact) mass is 387 g/mol. The van der Waals surface area contributed by atoms with Crippen molar-refractivity contribution in [3.05, 3.63) is 53.6 Å². The zero-order valence-corrected chi connectivity index (χ0v) is 14.5. The summed E-state index contributed by atoms with van der Waals surface area (Å²) in [6, 6.07) is 9.76. The molecule has 2 aromatic carbocycles. The van der Waals surface area contributed by atoms with Gasteiger partial charge in [0.1, 0.15) is 5.75 Å². The molecule has 5 nitrogen and oxygen atoms in total. The number of carbonyl (C=O) groups is 1. The molecule has 0 atom stereocenters. The topological polar surface area (TPSA) is 48.0 Å². The number of carbonyl (C=O) groups excluding carboxylic acids is 1. The highest BCUT2D eigenvalue weighted by atomic mass is 19.3. The summed E-state index contributed by atoms with van der Waals surface area (Å²) in [5.41, 5.74) is 0.802. The Labute approximate surface area is 153 Å². The maximum absolute atomic E-state index is 12.5. The minimum absolute atomic E-state index is 0.00618. The van der Waals surface area contributed by atoms with Crippen LogP contribution in [0.1, 0.15) is 15.9 Å². The largest absolute Gasteiger partial charge is 0.493 e. The Kier molecular flexibility index (Phi) is 6.86. The first-order valence-electron chi connectivity index (χ1n) is 7.72. The Balaban J connectivity index is 2.10. The van der Waals surface area contributed by atoms with E-state index >= 15 is 0 Å². The van der Waals surface area contributed by atoms with Crippen LogP contribution in [0.2, 0.25) is 0 Å². The van der Waals surface area contributed by atoms with Gasteiger partial charge >= 0.3 is 13.2 Å². The normalized spacial score (nSPS) is 10.8. The van der Waals surface area contributed by atoms with Crippen molar-refractivity contribution in [3.8, 4) is 17.2 Å². The van der Waals surface area contributed by atoms with Crippen LogP contribution < -0.4 is 14.2 Å². The summed E-state index contributed by atoms with van der Waals surface area (Å²) in [7, 11) is 2.81. The third-order valence-corrected chi connectivity index (χ3v) is 3.54. The van der Waals surface area contributed by atoms with Gasteiger partial charge in [-0.3, -0.25) is 4.79 Å². The fourth-order valence-electron chi connectivity index (χ4n) is 2.34. The molecule has 0 aliphatic heterocycles. The van der Waals surface area contributed by atoms with E-state index in [-0.39, 0.29) is 29.4 Å². The Hall–Kier alpha value is -2.97. The Morgan fingerprint density at radius 1 is 0.963 bits per heavy atom. The summed E-state index contributed by atoms with van der Waals surface area (Å²) in [6.07, 6.45) is 0. The van der Waals surface area contributed by atoms with Crippen molar-refractivity contribution in [2.24, 2.45) is 0 Å². The first-order chi connectivity index (χ1) is 12.8. The standard InChI is InChI=1S/C18H17F4NO4/c1-23(10-11-3-6-13(7-4-11)26-17(19)20)16(24)12-5-8-14(25-2)15(9-12)27-18(21)22/h3-9,17-18H,10H2,1-2H3. The predicted molar refractivity (Wildman–Crippen MR) is 88.5 cm³/mol. The van der Waals surface area contributed by atoms with Crippen LogP contribution in [0.25, 0.3) is 0 Å². The maximum atomic E-state index is 12.5. The number of hydrogen-bond acceptors (Lipinski definition) is 4. The van der Waals surface area contributed by atoms with Crippen LogP contribution in [0.3, 0.4) is 0 Å². The molecule has 0 unspecified atom stereocenters. The van der Waals surface area contributed by atoms with E-state index in [9.17, 15) is 22.4 Å². The van der Waals surface area contributed by atoms with E-state index in [0.717, 1.165) is 0 Å². The number of hydrogen-bond donors (Lipinski definition) is 0. The van der Waals surface area contributed by atoms with Crippen LogP contribution in [0.15, 0.2) is 42.5 Å². The van der Waals surface area contributed by atoms with Crippen LogP contribution in [-0.2, 0) is 6.54 Å². The lowest BCUT2D eigenvalue weighted by Gasteiger charge is -2.19. The van der Waals surface area contributed by atoms with Crippen molar-refractivity contribution in [2.75, 3.05) is 14.2 Å². The van der Waals surface area contributed by atoms with Crippen molar-refractivity contribution in [1.29, 1.82) is 0 Å². The molecular formula is C18H17F4NO4. The zero-order valence-electron chi connectivity index (χ0n) is 14.5. The minimum atomic E-state index is -3.06. The number of alkyl halides is 4. The molecule has 0 bridgehead atoms. The van der Waals surface area contributed by atoms with Gasteiger partial charge in [-0.2, -0.15) is 17.6 Å². The van der Waals surface area contributed by atoms with E-state index in [2.05, 4.69) is 9.47 Å². The second kappa shape index (κ2) is 9.11. The summed E-state index contributed by atoms with van der Waals surface area (Å²) >= 11 is 0. The van der Waals surface area contributed by atoms with Gasteiger partial charge in [-0.1, -0.05) is 12.1 Å². The number of methoxy groups -OCH3 is 1. The second-order valence-corrected chi connectivity index (χ2v) is 5.43. The van der Waals surface area contributed by atoms with Crippen molar-refractivity contribution in [2.45, 2.75) is 19.8 Å². The molecule has 27 heavy (non-hydrogen) atoms. The lowest BCUT2D eigenvalue weighted by atomic mass is 10.1. The van der Waals surface area contributed by atoms with Gasteiger partial charge in [-0.15, -0.1) is 0 Å². The number of rotatable bonds is 8. The van der Waals surface area contributed by atoms with Crippen molar-refractivity contribution >= 4 is 5.91 Å². The summed E-state index contributed by atoms with van der Waals surface area (Å²) in [4.78, 5) is 13.9. The van der Waals surface area contributed by atoms with Gasteiger partial charge in [0.05, 0.1) is 7.11 Å². The quantitative estimate of drug-likeness (QED) is 0.638. The smallest absolute Gasteiger partial charge is 0.387 e. The van der Waals surface area contributed by atoms with Crippen LogP contribution in [-0.4, -0.2) is 38.2 Å². The van der Waals surface area contributed by atoms with E-state index in [1.807, 2.05) is 0 Å². The molecule has 0 aliphatic carbocycles. The first kappa shape index (κ1) is 20.3. The molecule has 0 spiro atoms. The molecule has 2 rings (SSSR count). The highest BCUT2D eigenvalue weighted by Crippen LogP contribution is 2.30. The Bertz CT molecular complexity index is 768. The fraction of sp³-hybridized carbons (Fsp3) is 0.278. The van der Waals surface area contributed by atoms with Crippen molar-refractivity contribution in [3.63, 3.8) is 0 Å². The molecular weight excluding hydrogens is 370 g/mol. The highest BCUT2D eigenvalue weighted by Gasteiger charge is 2.17. The average Bonchev–Trinajstić information content (AvgIpc) is 2.61. The lowest BCUT2D eigenvalue weighted by Crippen LogP contribution is -2.26. The van der Waals surface area contributed by atoms with Crippen molar-refractivity contribution < 1.29 is 36.6 Å². The Morgan fingerprint density at radius 3 is 2.15 bits per heavy atom. The minimum Gasteiger partial charge on any atom is -0.493 e. The molecule has 9 heteroatoms. The third kappa shape index (κ3) is 5.77. The van der Waals surface area contributed by atoms with Gasteiger partial charge in [-0.05, 0) is 35.9 Å². The molecule has 2 aromatic rings. The number of halogens is 4. The molecule has 0 aliphatic rings. The van der Waals surface area contributed by atoms with Crippen LogP contribution in [0.4, 0.5) is 17.6 Å². The number of benzene rings is 2. The lowest BCUT2D eigenvalue weighted by molar-refractivity contribution is -0.0515. The van der Waals surface area contributed by atoms with Crippen LogP contribution in [0.5, 0.6) is 17.2 Å². The van der Waals surface area contributed by atoms with Gasteiger partial charge in [0, 0.05) is 19.2 Å². The summed E-state index contributed by atoms with van der Waals surface area (Å²) in [6.45, 7) is -5.80. The fourth-order valence-corrected chi connectivity index (χ4v) is 2.34. The highest BCUT2D eigenvalue weighted by molar-refractivity contribution is 5.94. The second-order valence-electron chi connectivity index (χ2n) is 5.43.